The predicted molar refractivity (Wildman–Crippen MR) is 72.3 cm³/mol. The van der Waals surface area contributed by atoms with Crippen LogP contribution in [0.25, 0.3) is 0 Å². The van der Waals surface area contributed by atoms with Gasteiger partial charge in [0.2, 0.25) is 0 Å². The number of imidazole rings is 1. The standard InChI is InChI=1S/C15H19N3/c1-18-10-17-9-14(18)15(16)13-8-3-2-7-12(13)11-5-4-6-11/h2-3,7-11,15H,4-6,16H2,1H3. The molecular weight excluding hydrogens is 222 g/mol. The Hall–Kier alpha value is -1.61. The van der Waals surface area contributed by atoms with Crippen LogP contribution in [-0.2, 0) is 7.05 Å². The number of nitrogens with zero attached hydrogens (tertiary/aromatic N) is 2. The second-order valence-electron chi connectivity index (χ2n) is 5.16. The Kier molecular flexibility index (Phi) is 2.92. The molecule has 0 spiro atoms. The molecule has 2 aromatic rings. The lowest BCUT2D eigenvalue weighted by molar-refractivity contribution is 0.416. The molecule has 3 heteroatoms. The van der Waals surface area contributed by atoms with Crippen molar-refractivity contribution in [1.82, 2.24) is 9.55 Å². The topological polar surface area (TPSA) is 43.8 Å². The SMILES string of the molecule is Cn1cncc1C(N)c1ccccc1C1CCC1. The van der Waals surface area contributed by atoms with Gasteiger partial charge in [-0.15, -0.1) is 0 Å². The number of aryl methyl sites for hydroxylation is 1. The molecule has 0 bridgehead atoms. The van der Waals surface area contributed by atoms with Crippen LogP contribution in [0.15, 0.2) is 36.8 Å². The quantitative estimate of drug-likeness (QED) is 0.898. The van der Waals surface area contributed by atoms with E-state index in [0.29, 0.717) is 5.92 Å². The first-order chi connectivity index (χ1) is 8.77. The van der Waals surface area contributed by atoms with E-state index in [9.17, 15) is 0 Å². The van der Waals surface area contributed by atoms with Crippen molar-refractivity contribution in [3.63, 3.8) is 0 Å². The summed E-state index contributed by atoms with van der Waals surface area (Å²) in [5, 5.41) is 0. The average molecular weight is 241 g/mol. The third-order valence-corrected chi connectivity index (χ3v) is 4.05. The lowest BCUT2D eigenvalue weighted by Gasteiger charge is -2.29. The highest BCUT2D eigenvalue weighted by Crippen LogP contribution is 2.39. The Labute approximate surface area is 108 Å². The summed E-state index contributed by atoms with van der Waals surface area (Å²) in [6.45, 7) is 0. The van der Waals surface area contributed by atoms with Gasteiger partial charge in [-0.1, -0.05) is 30.7 Å². The lowest BCUT2D eigenvalue weighted by atomic mass is 9.77. The maximum atomic E-state index is 6.42. The molecule has 1 aliphatic rings. The van der Waals surface area contributed by atoms with Crippen LogP contribution >= 0.6 is 0 Å². The Bertz CT molecular complexity index is 540. The molecule has 1 saturated carbocycles. The minimum atomic E-state index is -0.0747. The van der Waals surface area contributed by atoms with Crippen molar-refractivity contribution in [3.8, 4) is 0 Å². The van der Waals surface area contributed by atoms with Crippen LogP contribution in [0.1, 0.15) is 48.0 Å². The average Bonchev–Trinajstić information content (AvgIpc) is 2.73. The Morgan fingerprint density at radius 1 is 1.33 bits per heavy atom. The third-order valence-electron chi connectivity index (χ3n) is 4.05. The minimum Gasteiger partial charge on any atom is -0.336 e. The molecule has 3 nitrogen and oxygen atoms in total. The van der Waals surface area contributed by atoms with Crippen LogP contribution in [-0.4, -0.2) is 9.55 Å². The van der Waals surface area contributed by atoms with Crippen molar-refractivity contribution in [1.29, 1.82) is 0 Å². The summed E-state index contributed by atoms with van der Waals surface area (Å²) in [5.41, 5.74) is 10.2. The van der Waals surface area contributed by atoms with Gasteiger partial charge in [-0.05, 0) is 29.9 Å². The van der Waals surface area contributed by atoms with Gasteiger partial charge >= 0.3 is 0 Å². The van der Waals surface area contributed by atoms with Gasteiger partial charge in [0.15, 0.2) is 0 Å². The van der Waals surface area contributed by atoms with E-state index in [4.69, 9.17) is 5.73 Å². The molecule has 18 heavy (non-hydrogen) atoms. The highest BCUT2D eigenvalue weighted by molar-refractivity contribution is 5.37. The van der Waals surface area contributed by atoms with Gasteiger partial charge in [0.1, 0.15) is 0 Å². The number of nitrogens with two attached hydrogens (primary N) is 1. The predicted octanol–water partition coefficient (Wildman–Crippen LogP) is 2.74. The number of aromatic nitrogens is 2. The Morgan fingerprint density at radius 2 is 2.11 bits per heavy atom. The molecule has 2 N–H and O–H groups in total. The molecule has 1 heterocycles. The lowest BCUT2D eigenvalue weighted by Crippen LogP contribution is -2.20. The van der Waals surface area contributed by atoms with Crippen molar-refractivity contribution in [2.75, 3.05) is 0 Å². The zero-order chi connectivity index (χ0) is 12.5. The Morgan fingerprint density at radius 3 is 2.72 bits per heavy atom. The molecule has 0 saturated heterocycles. The molecule has 0 radical (unpaired) electrons. The minimum absolute atomic E-state index is 0.0747. The molecule has 1 aliphatic carbocycles. The third kappa shape index (κ3) is 1.85. The summed E-state index contributed by atoms with van der Waals surface area (Å²) in [6, 6.07) is 8.51. The zero-order valence-electron chi connectivity index (χ0n) is 10.7. The van der Waals surface area contributed by atoms with Gasteiger partial charge in [-0.25, -0.2) is 4.98 Å². The fraction of sp³-hybridized carbons (Fsp3) is 0.400. The van der Waals surface area contributed by atoms with Crippen LogP contribution < -0.4 is 5.73 Å². The molecule has 94 valence electrons. The molecule has 1 fully saturated rings. The first-order valence-electron chi connectivity index (χ1n) is 6.58. The van der Waals surface area contributed by atoms with Crippen LogP contribution in [0.5, 0.6) is 0 Å². The van der Waals surface area contributed by atoms with Crippen molar-refractivity contribution in [2.45, 2.75) is 31.2 Å². The number of benzene rings is 1. The maximum Gasteiger partial charge on any atom is 0.0946 e. The first-order valence-corrected chi connectivity index (χ1v) is 6.58. The van der Waals surface area contributed by atoms with Gasteiger partial charge in [-0.3, -0.25) is 0 Å². The van der Waals surface area contributed by atoms with E-state index in [1.165, 1.54) is 30.4 Å². The molecular formula is C15H19N3. The summed E-state index contributed by atoms with van der Waals surface area (Å²) < 4.78 is 2.00. The second-order valence-corrected chi connectivity index (χ2v) is 5.16. The van der Waals surface area contributed by atoms with E-state index in [1.807, 2.05) is 17.8 Å². The van der Waals surface area contributed by atoms with Crippen molar-refractivity contribution in [2.24, 2.45) is 12.8 Å². The Balaban J connectivity index is 1.98. The largest absolute Gasteiger partial charge is 0.336 e. The van der Waals surface area contributed by atoms with E-state index < -0.39 is 0 Å². The summed E-state index contributed by atoms with van der Waals surface area (Å²) in [4.78, 5) is 4.16. The fourth-order valence-corrected chi connectivity index (χ4v) is 2.71. The van der Waals surface area contributed by atoms with E-state index in [1.54, 1.807) is 6.33 Å². The van der Waals surface area contributed by atoms with Crippen molar-refractivity contribution >= 4 is 0 Å². The summed E-state index contributed by atoms with van der Waals surface area (Å²) >= 11 is 0. The van der Waals surface area contributed by atoms with Crippen molar-refractivity contribution in [3.05, 3.63) is 53.6 Å². The van der Waals surface area contributed by atoms with Crippen LogP contribution in [0.4, 0.5) is 0 Å². The van der Waals surface area contributed by atoms with Gasteiger partial charge in [0.05, 0.1) is 24.3 Å². The molecule has 1 aromatic carbocycles. The van der Waals surface area contributed by atoms with E-state index >= 15 is 0 Å². The summed E-state index contributed by atoms with van der Waals surface area (Å²) in [7, 11) is 1.99. The van der Waals surface area contributed by atoms with Crippen molar-refractivity contribution < 1.29 is 0 Å². The zero-order valence-corrected chi connectivity index (χ0v) is 10.7. The highest BCUT2D eigenvalue weighted by atomic mass is 15.0. The molecule has 1 atom stereocenters. The van der Waals surface area contributed by atoms with E-state index in [2.05, 4.69) is 29.2 Å². The van der Waals surface area contributed by atoms with Gasteiger partial charge in [-0.2, -0.15) is 0 Å². The van der Waals surface area contributed by atoms with Crippen LogP contribution in [0.3, 0.4) is 0 Å². The van der Waals surface area contributed by atoms with Gasteiger partial charge in [0.25, 0.3) is 0 Å². The molecule has 0 aliphatic heterocycles. The fourth-order valence-electron chi connectivity index (χ4n) is 2.71. The van der Waals surface area contributed by atoms with Crippen LogP contribution in [0, 0.1) is 0 Å². The molecule has 0 amide bonds. The molecule has 1 unspecified atom stereocenters. The number of rotatable bonds is 3. The second kappa shape index (κ2) is 4.58. The number of hydrogen-bond donors (Lipinski definition) is 1. The molecule has 3 rings (SSSR count). The highest BCUT2D eigenvalue weighted by Gasteiger charge is 2.24. The summed E-state index contributed by atoms with van der Waals surface area (Å²) in [6.07, 6.45) is 7.62. The molecule has 1 aromatic heterocycles. The van der Waals surface area contributed by atoms with E-state index in [0.717, 1.165) is 5.69 Å². The van der Waals surface area contributed by atoms with Gasteiger partial charge in [0, 0.05) is 7.05 Å². The van der Waals surface area contributed by atoms with E-state index in [-0.39, 0.29) is 6.04 Å². The first kappa shape index (κ1) is 11.5. The maximum absolute atomic E-state index is 6.42. The number of hydrogen-bond acceptors (Lipinski definition) is 2. The summed E-state index contributed by atoms with van der Waals surface area (Å²) in [5.74, 6) is 0.709. The smallest absolute Gasteiger partial charge is 0.0946 e. The monoisotopic (exact) mass is 241 g/mol. The van der Waals surface area contributed by atoms with Gasteiger partial charge < -0.3 is 10.3 Å². The normalized spacial score (nSPS) is 17.4. The van der Waals surface area contributed by atoms with Crippen LogP contribution in [0.2, 0.25) is 0 Å².